The summed E-state index contributed by atoms with van der Waals surface area (Å²) in [4.78, 5) is 4.31. The molecule has 0 aliphatic heterocycles. The number of nitrogens with zero attached hydrogens (tertiary/aromatic N) is 3. The van der Waals surface area contributed by atoms with Gasteiger partial charge in [-0.05, 0) is 37.2 Å². The number of aromatic nitrogens is 3. The second kappa shape index (κ2) is 5.94. The summed E-state index contributed by atoms with van der Waals surface area (Å²) >= 11 is 1.56. The average Bonchev–Trinajstić information content (AvgIpc) is 2.87. The molecule has 0 aromatic carbocycles. The van der Waals surface area contributed by atoms with Crippen molar-refractivity contribution in [2.24, 2.45) is 0 Å². The van der Waals surface area contributed by atoms with Gasteiger partial charge in [0.2, 0.25) is 0 Å². The lowest BCUT2D eigenvalue weighted by Crippen LogP contribution is -2.41. The molecule has 2 heterocycles. The van der Waals surface area contributed by atoms with E-state index in [-0.39, 0.29) is 11.1 Å². The van der Waals surface area contributed by atoms with Gasteiger partial charge in [-0.15, -0.1) is 10.2 Å². The van der Waals surface area contributed by atoms with E-state index >= 15 is 0 Å². The molecule has 2 aromatic rings. The molecule has 21 heavy (non-hydrogen) atoms. The van der Waals surface area contributed by atoms with Gasteiger partial charge in [0.1, 0.15) is 10.7 Å². The van der Waals surface area contributed by atoms with Gasteiger partial charge in [0.15, 0.2) is 13.3 Å². The molecule has 0 spiro atoms. The molecule has 6 heteroatoms. The molecule has 0 aliphatic rings. The highest BCUT2D eigenvalue weighted by molar-refractivity contribution is 7.14. The van der Waals surface area contributed by atoms with Crippen LogP contribution in [0.1, 0.15) is 38.8 Å². The number of rotatable bonds is 4. The lowest BCUT2D eigenvalue weighted by atomic mass is 10.2. The quantitative estimate of drug-likeness (QED) is 0.767. The number of hydrogen-bond donors (Lipinski definition) is 0. The van der Waals surface area contributed by atoms with Gasteiger partial charge in [0.05, 0.1) is 6.10 Å². The van der Waals surface area contributed by atoms with E-state index in [0.29, 0.717) is 0 Å². The zero-order chi connectivity index (χ0) is 15.7. The van der Waals surface area contributed by atoms with E-state index in [2.05, 4.69) is 56.0 Å². The van der Waals surface area contributed by atoms with E-state index in [1.807, 2.05) is 18.2 Å². The van der Waals surface area contributed by atoms with Crippen LogP contribution in [0.25, 0.3) is 10.7 Å². The Hall–Kier alpha value is -1.11. The van der Waals surface area contributed by atoms with Crippen molar-refractivity contribution in [3.8, 4) is 10.7 Å². The van der Waals surface area contributed by atoms with Gasteiger partial charge in [-0.1, -0.05) is 38.2 Å². The Morgan fingerprint density at radius 1 is 1.19 bits per heavy atom. The second-order valence-electron chi connectivity index (χ2n) is 6.68. The minimum atomic E-state index is -1.80. The largest absolute Gasteiger partial charge is 0.408 e. The van der Waals surface area contributed by atoms with Crippen LogP contribution in [0.2, 0.25) is 18.1 Å². The minimum Gasteiger partial charge on any atom is -0.408 e. The fraction of sp³-hybridized carbons (Fsp3) is 0.533. The van der Waals surface area contributed by atoms with Gasteiger partial charge in [-0.25, -0.2) is 0 Å². The maximum Gasteiger partial charge on any atom is 0.193 e. The van der Waals surface area contributed by atoms with E-state index < -0.39 is 8.32 Å². The second-order valence-corrected chi connectivity index (χ2v) is 12.4. The van der Waals surface area contributed by atoms with Crippen molar-refractivity contribution in [1.82, 2.24) is 15.2 Å². The Balaban J connectivity index is 2.15. The van der Waals surface area contributed by atoms with Gasteiger partial charge >= 0.3 is 0 Å². The fourth-order valence-electron chi connectivity index (χ4n) is 1.66. The van der Waals surface area contributed by atoms with E-state index in [1.54, 1.807) is 17.5 Å². The summed E-state index contributed by atoms with van der Waals surface area (Å²) in [5.74, 6) is 0. The molecule has 0 amide bonds. The van der Waals surface area contributed by atoms with Gasteiger partial charge in [-0.2, -0.15) is 0 Å². The summed E-state index contributed by atoms with van der Waals surface area (Å²) in [5.41, 5.74) is 0.862. The zero-order valence-electron chi connectivity index (χ0n) is 13.5. The topological polar surface area (TPSA) is 47.9 Å². The van der Waals surface area contributed by atoms with Gasteiger partial charge < -0.3 is 4.43 Å². The van der Waals surface area contributed by atoms with Crippen molar-refractivity contribution in [2.75, 3.05) is 0 Å². The van der Waals surface area contributed by atoms with E-state index in [9.17, 15) is 0 Å². The number of pyridine rings is 1. The van der Waals surface area contributed by atoms with Crippen molar-refractivity contribution < 1.29 is 4.43 Å². The summed E-state index contributed by atoms with van der Waals surface area (Å²) in [7, 11) is -1.80. The van der Waals surface area contributed by atoms with Crippen molar-refractivity contribution in [3.05, 3.63) is 29.4 Å². The summed E-state index contributed by atoms with van der Waals surface area (Å²) in [6.07, 6.45) is 1.74. The molecule has 1 unspecified atom stereocenters. The molecule has 114 valence electrons. The van der Waals surface area contributed by atoms with Crippen LogP contribution in [0.3, 0.4) is 0 Å². The van der Waals surface area contributed by atoms with Crippen LogP contribution >= 0.6 is 11.3 Å². The first-order chi connectivity index (χ1) is 9.71. The fourth-order valence-corrected chi connectivity index (χ4v) is 3.90. The molecular weight excluding hydrogens is 298 g/mol. The predicted molar refractivity (Wildman–Crippen MR) is 89.8 cm³/mol. The standard InChI is InChI=1S/C15H23N3OSSi/c1-11(19-21(5,6)15(2,3)4)13-17-18-14(20-13)12-9-7-8-10-16-12/h7-11H,1-6H3. The maximum atomic E-state index is 6.36. The Morgan fingerprint density at radius 2 is 1.90 bits per heavy atom. The average molecular weight is 322 g/mol. The smallest absolute Gasteiger partial charge is 0.193 e. The third-order valence-corrected chi connectivity index (χ3v) is 9.61. The molecule has 2 rings (SSSR count). The van der Waals surface area contributed by atoms with Crippen molar-refractivity contribution in [1.29, 1.82) is 0 Å². The summed E-state index contributed by atoms with van der Waals surface area (Å²) in [6, 6.07) is 5.80. The van der Waals surface area contributed by atoms with E-state index in [4.69, 9.17) is 4.43 Å². The Bertz CT molecular complexity index is 592. The summed E-state index contributed by atoms with van der Waals surface area (Å²) < 4.78 is 6.36. The van der Waals surface area contributed by atoms with Gasteiger partial charge in [-0.3, -0.25) is 4.98 Å². The van der Waals surface area contributed by atoms with E-state index in [1.165, 1.54) is 0 Å². The molecule has 1 atom stereocenters. The Labute approximate surface area is 131 Å². The van der Waals surface area contributed by atoms with Crippen LogP contribution in [-0.4, -0.2) is 23.5 Å². The van der Waals surface area contributed by atoms with Crippen LogP contribution in [0, 0.1) is 0 Å². The zero-order valence-corrected chi connectivity index (χ0v) is 15.4. The normalized spacial score (nSPS) is 14.2. The highest BCUT2D eigenvalue weighted by Gasteiger charge is 2.39. The molecular formula is C15H23N3OSSi. The third kappa shape index (κ3) is 3.75. The first-order valence-corrected chi connectivity index (χ1v) is 10.9. The van der Waals surface area contributed by atoms with Crippen LogP contribution < -0.4 is 0 Å². The first kappa shape index (κ1) is 16.3. The van der Waals surface area contributed by atoms with E-state index in [0.717, 1.165) is 15.7 Å². The molecule has 0 aliphatic carbocycles. The molecule has 0 saturated carbocycles. The first-order valence-electron chi connectivity index (χ1n) is 7.13. The molecule has 2 aromatic heterocycles. The minimum absolute atomic E-state index is 0.0270. The Kier molecular flexibility index (Phi) is 4.60. The number of hydrogen-bond acceptors (Lipinski definition) is 5. The lowest BCUT2D eigenvalue weighted by Gasteiger charge is -2.37. The predicted octanol–water partition coefficient (Wildman–Crippen LogP) is 4.68. The van der Waals surface area contributed by atoms with Crippen molar-refractivity contribution >= 4 is 19.7 Å². The molecule has 0 saturated heterocycles. The SMILES string of the molecule is CC(O[Si](C)(C)C(C)(C)C)c1nnc(-c2ccccn2)s1. The molecule has 0 bridgehead atoms. The monoisotopic (exact) mass is 321 g/mol. The molecule has 0 N–H and O–H groups in total. The highest BCUT2D eigenvalue weighted by Crippen LogP contribution is 2.40. The highest BCUT2D eigenvalue weighted by atomic mass is 32.1. The summed E-state index contributed by atoms with van der Waals surface area (Å²) in [5, 5.41) is 10.5. The van der Waals surface area contributed by atoms with Crippen molar-refractivity contribution in [3.63, 3.8) is 0 Å². The molecule has 0 fully saturated rings. The lowest BCUT2D eigenvalue weighted by molar-refractivity contribution is 0.201. The van der Waals surface area contributed by atoms with Crippen LogP contribution in [-0.2, 0) is 4.43 Å². The maximum absolute atomic E-state index is 6.36. The Morgan fingerprint density at radius 3 is 2.48 bits per heavy atom. The molecule has 4 nitrogen and oxygen atoms in total. The third-order valence-electron chi connectivity index (χ3n) is 3.95. The molecule has 0 radical (unpaired) electrons. The van der Waals surface area contributed by atoms with Crippen LogP contribution in [0.4, 0.5) is 0 Å². The summed E-state index contributed by atoms with van der Waals surface area (Å²) in [6.45, 7) is 13.3. The van der Waals surface area contributed by atoms with Crippen LogP contribution in [0.5, 0.6) is 0 Å². The van der Waals surface area contributed by atoms with Crippen LogP contribution in [0.15, 0.2) is 24.4 Å². The van der Waals surface area contributed by atoms with Gasteiger partial charge in [0, 0.05) is 6.20 Å². The van der Waals surface area contributed by atoms with Crippen molar-refractivity contribution in [2.45, 2.75) is 51.9 Å². The van der Waals surface area contributed by atoms with Gasteiger partial charge in [0.25, 0.3) is 0 Å².